The van der Waals surface area contributed by atoms with Crippen LogP contribution in [0.1, 0.15) is 12.5 Å². The second kappa shape index (κ2) is 8.33. The minimum atomic E-state index is -3.81. The maximum atomic E-state index is 13.5. The molecule has 0 aliphatic heterocycles. The predicted molar refractivity (Wildman–Crippen MR) is 103 cm³/mol. The van der Waals surface area contributed by atoms with Gasteiger partial charge in [-0.2, -0.15) is 0 Å². The zero-order chi connectivity index (χ0) is 20.0. The summed E-state index contributed by atoms with van der Waals surface area (Å²) < 4.78 is 29.8. The molecule has 0 saturated heterocycles. The fourth-order valence-corrected chi connectivity index (χ4v) is 4.03. The first-order valence-corrected chi connectivity index (χ1v) is 10.2. The molecule has 0 radical (unpaired) electrons. The fraction of sp³-hybridized carbons (Fsp3) is 0.150. The van der Waals surface area contributed by atoms with E-state index in [-0.39, 0.29) is 6.29 Å². The number of nitrogens with one attached hydrogen (secondary N) is 1. The first kappa shape index (κ1) is 19.7. The van der Waals surface area contributed by atoms with Crippen LogP contribution < -0.4 is 14.4 Å². The van der Waals surface area contributed by atoms with E-state index in [4.69, 9.17) is 13.5 Å². The maximum absolute atomic E-state index is 13.5. The number of carboxylic acid groups (broad SMARTS) is 1. The van der Waals surface area contributed by atoms with E-state index in [2.05, 4.69) is 5.32 Å². The Bertz CT molecular complexity index is 900. The molecular weight excluding hydrogens is 381 g/mol. The fourth-order valence-electron chi connectivity index (χ4n) is 2.47. The molecule has 0 aliphatic carbocycles. The lowest BCUT2D eigenvalue weighted by Gasteiger charge is -2.28. The molecule has 0 amide bonds. The van der Waals surface area contributed by atoms with Crippen LogP contribution in [0.3, 0.4) is 0 Å². The number of rotatable bonds is 9. The summed E-state index contributed by atoms with van der Waals surface area (Å²) in [6.07, 6.45) is 2.35. The van der Waals surface area contributed by atoms with Crippen molar-refractivity contribution in [1.29, 1.82) is 0 Å². The standard InChI is InChI=1S/C20H20NO6P/c1-20(19(22)23,16-12-13-25-14-16)21-15-28(24,26-17-8-4-2-5-9-17)27-18-10-6-3-7-11-18/h2-14,21H,15H2,1H3,(H,22,23). The van der Waals surface area contributed by atoms with Crippen LogP contribution in [0, 0.1) is 0 Å². The van der Waals surface area contributed by atoms with Gasteiger partial charge in [0.15, 0.2) is 0 Å². The van der Waals surface area contributed by atoms with E-state index < -0.39 is 19.1 Å². The van der Waals surface area contributed by atoms with Crippen LogP contribution in [0.25, 0.3) is 0 Å². The molecule has 0 fully saturated rings. The number of carbonyl (C=O) groups is 1. The molecule has 28 heavy (non-hydrogen) atoms. The Labute approximate surface area is 162 Å². The van der Waals surface area contributed by atoms with Gasteiger partial charge in [0.05, 0.1) is 12.5 Å². The van der Waals surface area contributed by atoms with Gasteiger partial charge in [0, 0.05) is 5.56 Å². The predicted octanol–water partition coefficient (Wildman–Crippen LogP) is 4.48. The third-order valence-electron chi connectivity index (χ3n) is 4.13. The summed E-state index contributed by atoms with van der Waals surface area (Å²) in [4.78, 5) is 11.9. The third-order valence-corrected chi connectivity index (χ3v) is 5.65. The third kappa shape index (κ3) is 4.63. The van der Waals surface area contributed by atoms with Crippen molar-refractivity contribution in [2.45, 2.75) is 12.5 Å². The van der Waals surface area contributed by atoms with E-state index in [0.717, 1.165) is 0 Å². The second-order valence-electron chi connectivity index (χ2n) is 6.20. The molecule has 3 aromatic rings. The molecule has 2 aromatic carbocycles. The number of hydrogen-bond donors (Lipinski definition) is 2. The Balaban J connectivity index is 1.86. The Morgan fingerprint density at radius 1 is 1.04 bits per heavy atom. The van der Waals surface area contributed by atoms with E-state index in [1.165, 1.54) is 25.5 Å². The topological polar surface area (TPSA) is 98.0 Å². The molecule has 0 saturated carbocycles. The average Bonchev–Trinajstić information content (AvgIpc) is 3.23. The highest BCUT2D eigenvalue weighted by Crippen LogP contribution is 2.48. The Morgan fingerprint density at radius 3 is 2.00 bits per heavy atom. The quantitative estimate of drug-likeness (QED) is 0.510. The highest BCUT2D eigenvalue weighted by molar-refractivity contribution is 7.54. The smallest absolute Gasteiger partial charge is 0.444 e. The number of aliphatic carboxylic acids is 1. The van der Waals surface area contributed by atoms with Crippen molar-refractivity contribution < 1.29 is 27.9 Å². The van der Waals surface area contributed by atoms with Crippen LogP contribution in [0.4, 0.5) is 0 Å². The average molecular weight is 401 g/mol. The first-order valence-electron chi connectivity index (χ1n) is 8.51. The van der Waals surface area contributed by atoms with Gasteiger partial charge in [0.2, 0.25) is 0 Å². The highest BCUT2D eigenvalue weighted by atomic mass is 31.2. The summed E-state index contributed by atoms with van der Waals surface area (Å²) in [5.74, 6) is -0.451. The summed E-state index contributed by atoms with van der Waals surface area (Å²) in [7, 11) is -3.81. The molecule has 146 valence electrons. The summed E-state index contributed by atoms with van der Waals surface area (Å²) in [6, 6.07) is 18.7. The van der Waals surface area contributed by atoms with Crippen molar-refractivity contribution in [2.75, 3.05) is 6.29 Å². The van der Waals surface area contributed by atoms with Crippen LogP contribution in [0.15, 0.2) is 83.7 Å². The van der Waals surface area contributed by atoms with E-state index in [1.54, 1.807) is 60.7 Å². The Kier molecular flexibility index (Phi) is 5.87. The number of carboxylic acids is 1. The van der Waals surface area contributed by atoms with Crippen molar-refractivity contribution in [3.05, 3.63) is 84.8 Å². The molecule has 7 nitrogen and oxygen atoms in total. The van der Waals surface area contributed by atoms with Crippen LogP contribution in [-0.4, -0.2) is 17.4 Å². The lowest BCUT2D eigenvalue weighted by molar-refractivity contribution is -0.144. The highest BCUT2D eigenvalue weighted by Gasteiger charge is 2.40. The van der Waals surface area contributed by atoms with E-state index in [9.17, 15) is 14.5 Å². The Morgan fingerprint density at radius 2 is 1.57 bits per heavy atom. The maximum Gasteiger partial charge on any atom is 0.444 e. The van der Waals surface area contributed by atoms with E-state index in [1.807, 2.05) is 0 Å². The summed E-state index contributed by atoms with van der Waals surface area (Å²) >= 11 is 0. The molecule has 1 heterocycles. The van der Waals surface area contributed by atoms with Crippen molar-refractivity contribution in [1.82, 2.24) is 5.32 Å². The molecule has 3 rings (SSSR count). The van der Waals surface area contributed by atoms with Crippen LogP contribution in [-0.2, 0) is 14.9 Å². The van der Waals surface area contributed by atoms with Gasteiger partial charge in [-0.25, -0.2) is 9.36 Å². The molecule has 8 heteroatoms. The number of furan rings is 1. The molecule has 0 bridgehead atoms. The van der Waals surface area contributed by atoms with Crippen LogP contribution in [0.2, 0.25) is 0 Å². The van der Waals surface area contributed by atoms with E-state index >= 15 is 0 Å². The minimum absolute atomic E-state index is 0.342. The second-order valence-corrected chi connectivity index (χ2v) is 8.10. The van der Waals surface area contributed by atoms with Gasteiger partial charge in [0.25, 0.3) is 0 Å². The molecule has 2 N–H and O–H groups in total. The number of para-hydroxylation sites is 2. The zero-order valence-electron chi connectivity index (χ0n) is 15.1. The minimum Gasteiger partial charge on any atom is -0.480 e. The lowest BCUT2D eigenvalue weighted by atomic mass is 9.95. The van der Waals surface area contributed by atoms with Gasteiger partial charge < -0.3 is 18.6 Å². The van der Waals surface area contributed by atoms with Gasteiger partial charge in [-0.3, -0.25) is 5.32 Å². The summed E-state index contributed by atoms with van der Waals surface area (Å²) in [5.41, 5.74) is -1.16. The Hall–Kier alpha value is -3.02. The van der Waals surface area contributed by atoms with Crippen molar-refractivity contribution in [2.24, 2.45) is 0 Å². The van der Waals surface area contributed by atoms with Gasteiger partial charge in [-0.05, 0) is 37.3 Å². The SMILES string of the molecule is CC(NCP(=O)(Oc1ccccc1)Oc1ccccc1)(C(=O)O)c1ccoc1. The first-order chi connectivity index (χ1) is 13.4. The van der Waals surface area contributed by atoms with E-state index in [0.29, 0.717) is 17.1 Å². The van der Waals surface area contributed by atoms with Gasteiger partial charge in [-0.1, -0.05) is 36.4 Å². The van der Waals surface area contributed by atoms with Gasteiger partial charge in [-0.15, -0.1) is 0 Å². The van der Waals surface area contributed by atoms with Gasteiger partial charge in [0.1, 0.15) is 23.3 Å². The largest absolute Gasteiger partial charge is 0.480 e. The van der Waals surface area contributed by atoms with Gasteiger partial charge >= 0.3 is 13.6 Å². The number of hydrogen-bond acceptors (Lipinski definition) is 6. The lowest BCUT2D eigenvalue weighted by Crippen LogP contribution is -2.47. The van der Waals surface area contributed by atoms with Crippen molar-refractivity contribution >= 4 is 13.6 Å². The zero-order valence-corrected chi connectivity index (χ0v) is 16.0. The normalized spacial score (nSPS) is 13.5. The molecule has 1 unspecified atom stereocenters. The number of benzene rings is 2. The molecule has 1 aromatic heterocycles. The molecule has 1 atom stereocenters. The monoisotopic (exact) mass is 401 g/mol. The van der Waals surface area contributed by atoms with Crippen LogP contribution >= 0.6 is 7.60 Å². The van der Waals surface area contributed by atoms with Crippen molar-refractivity contribution in [3.63, 3.8) is 0 Å². The van der Waals surface area contributed by atoms with Crippen LogP contribution in [0.5, 0.6) is 11.5 Å². The molecule has 0 aliphatic rings. The molecular formula is C20H20NO6P. The summed E-state index contributed by atoms with van der Waals surface area (Å²) in [5, 5.41) is 12.5. The summed E-state index contributed by atoms with van der Waals surface area (Å²) in [6.45, 7) is 1.45. The molecule has 0 spiro atoms. The van der Waals surface area contributed by atoms with Crippen molar-refractivity contribution in [3.8, 4) is 11.5 Å².